The minimum Gasteiger partial charge on any atom is -0.303 e. The van der Waals surface area contributed by atoms with E-state index in [1.807, 2.05) is 0 Å². The van der Waals surface area contributed by atoms with E-state index in [0.717, 1.165) is 18.9 Å². The standard InChI is InChI=1S/C19H31N/c1-16(2)8-7-12-20(5)13-11-18(4)15-19-10-6-9-17(3)14-19/h6,9-11,14,16H,7-8,12-13,15H2,1-5H3/b18-11+. The zero-order valence-electron chi connectivity index (χ0n) is 13.9. The highest BCUT2D eigenvalue weighted by atomic mass is 15.1. The lowest BCUT2D eigenvalue weighted by Gasteiger charge is -2.15. The van der Waals surface area contributed by atoms with Gasteiger partial charge in [-0.1, -0.05) is 55.3 Å². The Morgan fingerprint density at radius 1 is 1.30 bits per heavy atom. The molecule has 0 fully saturated rings. The first-order chi connectivity index (χ1) is 9.47. The number of hydrogen-bond donors (Lipinski definition) is 0. The second kappa shape index (κ2) is 8.97. The number of nitrogens with zero attached hydrogens (tertiary/aromatic N) is 1. The number of rotatable bonds is 8. The molecule has 0 spiro atoms. The second-order valence-electron chi connectivity index (χ2n) is 6.51. The van der Waals surface area contributed by atoms with Crippen molar-refractivity contribution in [2.75, 3.05) is 20.1 Å². The van der Waals surface area contributed by atoms with E-state index in [9.17, 15) is 0 Å². The number of allylic oxidation sites excluding steroid dienone is 1. The van der Waals surface area contributed by atoms with E-state index in [4.69, 9.17) is 0 Å². The maximum atomic E-state index is 2.42. The van der Waals surface area contributed by atoms with Crippen LogP contribution in [0.15, 0.2) is 35.9 Å². The van der Waals surface area contributed by atoms with Gasteiger partial charge in [-0.05, 0) is 58.2 Å². The summed E-state index contributed by atoms with van der Waals surface area (Å²) in [6.45, 7) is 11.3. The first-order valence-corrected chi connectivity index (χ1v) is 7.87. The molecule has 1 aromatic carbocycles. The Hall–Kier alpha value is -1.08. The monoisotopic (exact) mass is 273 g/mol. The Balaban J connectivity index is 2.34. The zero-order valence-corrected chi connectivity index (χ0v) is 13.9. The minimum absolute atomic E-state index is 0.821. The van der Waals surface area contributed by atoms with E-state index in [1.165, 1.54) is 36.1 Å². The fourth-order valence-electron chi connectivity index (χ4n) is 2.39. The summed E-state index contributed by atoms with van der Waals surface area (Å²) < 4.78 is 0. The molecule has 20 heavy (non-hydrogen) atoms. The molecule has 0 radical (unpaired) electrons. The maximum Gasteiger partial charge on any atom is 0.0162 e. The third kappa shape index (κ3) is 7.49. The summed E-state index contributed by atoms with van der Waals surface area (Å²) in [5, 5.41) is 0. The van der Waals surface area contributed by atoms with Gasteiger partial charge in [-0.3, -0.25) is 0 Å². The van der Waals surface area contributed by atoms with Crippen LogP contribution in [-0.4, -0.2) is 25.0 Å². The van der Waals surface area contributed by atoms with Gasteiger partial charge in [0.05, 0.1) is 0 Å². The Kier molecular flexibility index (Phi) is 7.61. The molecule has 1 heteroatoms. The second-order valence-corrected chi connectivity index (χ2v) is 6.51. The van der Waals surface area contributed by atoms with Crippen LogP contribution in [0.5, 0.6) is 0 Å². The van der Waals surface area contributed by atoms with Crippen LogP contribution in [0.1, 0.15) is 44.7 Å². The molecule has 0 saturated heterocycles. The molecule has 1 nitrogen and oxygen atoms in total. The van der Waals surface area contributed by atoms with Gasteiger partial charge in [0, 0.05) is 6.54 Å². The molecule has 0 saturated carbocycles. The molecule has 0 bridgehead atoms. The lowest BCUT2D eigenvalue weighted by molar-refractivity contribution is 0.347. The van der Waals surface area contributed by atoms with Gasteiger partial charge in [0.1, 0.15) is 0 Å². The number of hydrogen-bond acceptors (Lipinski definition) is 1. The zero-order chi connectivity index (χ0) is 15.0. The predicted molar refractivity (Wildman–Crippen MR) is 90.2 cm³/mol. The summed E-state index contributed by atoms with van der Waals surface area (Å²) in [5.74, 6) is 0.821. The molecule has 0 unspecified atom stereocenters. The summed E-state index contributed by atoms with van der Waals surface area (Å²) in [4.78, 5) is 2.42. The molecule has 1 rings (SSSR count). The van der Waals surface area contributed by atoms with Crippen molar-refractivity contribution in [1.82, 2.24) is 4.90 Å². The Labute approximate surface area is 125 Å². The lowest BCUT2D eigenvalue weighted by Crippen LogP contribution is -2.20. The summed E-state index contributed by atoms with van der Waals surface area (Å²) in [5.41, 5.74) is 4.23. The first kappa shape index (κ1) is 17.0. The van der Waals surface area contributed by atoms with Crippen molar-refractivity contribution < 1.29 is 0 Å². The quantitative estimate of drug-likeness (QED) is 0.612. The fraction of sp³-hybridized carbons (Fsp3) is 0.579. The lowest BCUT2D eigenvalue weighted by atomic mass is 10.0. The van der Waals surface area contributed by atoms with Crippen LogP contribution in [0.2, 0.25) is 0 Å². The number of likely N-dealkylation sites (N-methyl/N-ethyl adjacent to an activating group) is 1. The van der Waals surface area contributed by atoms with Crippen LogP contribution >= 0.6 is 0 Å². The molecule has 0 aliphatic heterocycles. The van der Waals surface area contributed by atoms with Gasteiger partial charge >= 0.3 is 0 Å². The van der Waals surface area contributed by atoms with Crippen molar-refractivity contribution in [1.29, 1.82) is 0 Å². The average molecular weight is 273 g/mol. The van der Waals surface area contributed by atoms with E-state index in [-0.39, 0.29) is 0 Å². The van der Waals surface area contributed by atoms with Gasteiger partial charge in [-0.25, -0.2) is 0 Å². The molecule has 0 aliphatic rings. The highest BCUT2D eigenvalue weighted by Gasteiger charge is 2.00. The van der Waals surface area contributed by atoms with Crippen molar-refractivity contribution in [3.05, 3.63) is 47.0 Å². The van der Waals surface area contributed by atoms with Crippen LogP contribution in [0.3, 0.4) is 0 Å². The average Bonchev–Trinajstić information content (AvgIpc) is 2.36. The highest BCUT2D eigenvalue weighted by Crippen LogP contribution is 2.10. The molecule has 0 atom stereocenters. The summed E-state index contributed by atoms with van der Waals surface area (Å²) in [7, 11) is 2.22. The molecular weight excluding hydrogens is 242 g/mol. The topological polar surface area (TPSA) is 3.24 Å². The van der Waals surface area contributed by atoms with Gasteiger partial charge in [-0.2, -0.15) is 0 Å². The van der Waals surface area contributed by atoms with Gasteiger partial charge in [0.2, 0.25) is 0 Å². The Morgan fingerprint density at radius 2 is 2.05 bits per heavy atom. The number of aryl methyl sites for hydroxylation is 1. The van der Waals surface area contributed by atoms with E-state index in [1.54, 1.807) is 0 Å². The summed E-state index contributed by atoms with van der Waals surface area (Å²) >= 11 is 0. The summed E-state index contributed by atoms with van der Waals surface area (Å²) in [6.07, 6.45) is 6.08. The normalized spacial score (nSPS) is 12.4. The molecule has 0 amide bonds. The van der Waals surface area contributed by atoms with Crippen LogP contribution in [0, 0.1) is 12.8 Å². The van der Waals surface area contributed by atoms with E-state index in [2.05, 4.69) is 70.0 Å². The fourth-order valence-corrected chi connectivity index (χ4v) is 2.39. The third-order valence-corrected chi connectivity index (χ3v) is 3.64. The van der Waals surface area contributed by atoms with Crippen LogP contribution < -0.4 is 0 Å². The molecular formula is C19H31N. The van der Waals surface area contributed by atoms with Gasteiger partial charge in [-0.15, -0.1) is 0 Å². The van der Waals surface area contributed by atoms with Crippen LogP contribution in [0.4, 0.5) is 0 Å². The largest absolute Gasteiger partial charge is 0.303 e. The first-order valence-electron chi connectivity index (χ1n) is 7.87. The van der Waals surface area contributed by atoms with Crippen LogP contribution in [-0.2, 0) is 6.42 Å². The van der Waals surface area contributed by atoms with Crippen molar-refractivity contribution in [2.24, 2.45) is 5.92 Å². The molecule has 0 aliphatic carbocycles. The molecule has 0 N–H and O–H groups in total. The van der Waals surface area contributed by atoms with Crippen molar-refractivity contribution in [3.8, 4) is 0 Å². The summed E-state index contributed by atoms with van der Waals surface area (Å²) in [6, 6.07) is 8.81. The van der Waals surface area contributed by atoms with Crippen LogP contribution in [0.25, 0.3) is 0 Å². The Morgan fingerprint density at radius 3 is 2.70 bits per heavy atom. The minimum atomic E-state index is 0.821. The maximum absolute atomic E-state index is 2.42. The molecule has 1 aromatic rings. The van der Waals surface area contributed by atoms with E-state index >= 15 is 0 Å². The smallest absolute Gasteiger partial charge is 0.0162 e. The predicted octanol–water partition coefficient (Wildman–Crippen LogP) is 4.85. The molecule has 0 aromatic heterocycles. The van der Waals surface area contributed by atoms with E-state index < -0.39 is 0 Å². The SMILES string of the molecule is C/C(=C\CN(C)CCCC(C)C)Cc1cccc(C)c1. The van der Waals surface area contributed by atoms with Crippen molar-refractivity contribution in [2.45, 2.75) is 47.0 Å². The van der Waals surface area contributed by atoms with E-state index in [0.29, 0.717) is 0 Å². The van der Waals surface area contributed by atoms with Gasteiger partial charge in [0.25, 0.3) is 0 Å². The number of benzene rings is 1. The Bertz CT molecular complexity index is 418. The van der Waals surface area contributed by atoms with Gasteiger partial charge in [0.15, 0.2) is 0 Å². The van der Waals surface area contributed by atoms with Gasteiger partial charge < -0.3 is 4.90 Å². The molecule has 112 valence electrons. The van der Waals surface area contributed by atoms with Crippen molar-refractivity contribution in [3.63, 3.8) is 0 Å². The third-order valence-electron chi connectivity index (χ3n) is 3.64. The highest BCUT2D eigenvalue weighted by molar-refractivity contribution is 5.26. The van der Waals surface area contributed by atoms with Crippen molar-refractivity contribution >= 4 is 0 Å². The molecule has 0 heterocycles.